The summed E-state index contributed by atoms with van der Waals surface area (Å²) in [5, 5.41) is 18.0. The van der Waals surface area contributed by atoms with Gasteiger partial charge in [0, 0.05) is 14.2 Å². The third kappa shape index (κ3) is 1.78. The predicted octanol–water partition coefficient (Wildman–Crippen LogP) is 0.305. The van der Waals surface area contributed by atoms with Crippen LogP contribution in [-0.4, -0.2) is 33.8 Å². The third-order valence-electron chi connectivity index (χ3n) is 2.48. The van der Waals surface area contributed by atoms with Gasteiger partial charge in [-0.3, -0.25) is 0 Å². The molecule has 0 fully saturated rings. The molecule has 0 bridgehead atoms. The lowest BCUT2D eigenvalue weighted by Gasteiger charge is -2.30. The first-order chi connectivity index (χ1) is 6.52. The van der Waals surface area contributed by atoms with Crippen LogP contribution < -0.4 is 0 Å². The van der Waals surface area contributed by atoms with Crippen molar-refractivity contribution in [3.8, 4) is 0 Å². The van der Waals surface area contributed by atoms with Crippen LogP contribution in [0.1, 0.15) is 19.5 Å². The number of aromatic nitrogens is 3. The van der Waals surface area contributed by atoms with E-state index in [9.17, 15) is 5.11 Å². The minimum atomic E-state index is -1.02. The lowest BCUT2D eigenvalue weighted by Crippen LogP contribution is -2.38. The molecule has 80 valence electrons. The second kappa shape index (κ2) is 4.06. The van der Waals surface area contributed by atoms with Crippen LogP contribution in [0.3, 0.4) is 0 Å². The zero-order valence-electron chi connectivity index (χ0n) is 9.06. The summed E-state index contributed by atoms with van der Waals surface area (Å²) in [6.45, 7) is 4.12. The Morgan fingerprint density at radius 2 is 2.29 bits per heavy atom. The Kier molecular flexibility index (Phi) is 3.23. The molecule has 0 radical (unpaired) electrons. The molecule has 0 saturated carbocycles. The largest absolute Gasteiger partial charge is 0.381 e. The van der Waals surface area contributed by atoms with E-state index >= 15 is 0 Å². The van der Waals surface area contributed by atoms with Gasteiger partial charge in [-0.05, 0) is 5.92 Å². The van der Waals surface area contributed by atoms with Crippen LogP contribution in [0.25, 0.3) is 0 Å². The summed E-state index contributed by atoms with van der Waals surface area (Å²) in [5.41, 5.74) is -0.346. The van der Waals surface area contributed by atoms with Gasteiger partial charge in [0.1, 0.15) is 5.60 Å². The molecule has 1 rings (SSSR count). The van der Waals surface area contributed by atoms with Crippen molar-refractivity contribution in [3.05, 3.63) is 11.9 Å². The number of rotatable bonds is 4. The summed E-state index contributed by atoms with van der Waals surface area (Å²) in [6.07, 6.45) is 1.57. The van der Waals surface area contributed by atoms with E-state index in [0.29, 0.717) is 5.69 Å². The summed E-state index contributed by atoms with van der Waals surface area (Å²) in [5.74, 6) is 0.0413. The van der Waals surface area contributed by atoms with E-state index in [-0.39, 0.29) is 12.5 Å². The predicted molar refractivity (Wildman–Crippen MR) is 51.6 cm³/mol. The first-order valence-electron chi connectivity index (χ1n) is 4.59. The number of hydrogen-bond acceptors (Lipinski definition) is 4. The number of hydrogen-bond donors (Lipinski definition) is 1. The SMILES string of the molecule is COCC(O)(c1cnnn1C)C(C)C. The van der Waals surface area contributed by atoms with Gasteiger partial charge in [0.25, 0.3) is 0 Å². The molecule has 0 aliphatic carbocycles. The quantitative estimate of drug-likeness (QED) is 0.758. The van der Waals surface area contributed by atoms with Gasteiger partial charge in [-0.15, -0.1) is 5.10 Å². The van der Waals surface area contributed by atoms with E-state index in [1.54, 1.807) is 25.0 Å². The van der Waals surface area contributed by atoms with Crippen molar-refractivity contribution in [2.75, 3.05) is 13.7 Å². The second-order valence-electron chi connectivity index (χ2n) is 3.75. The molecule has 1 aromatic rings. The molecule has 1 heterocycles. The highest BCUT2D eigenvalue weighted by Crippen LogP contribution is 2.28. The van der Waals surface area contributed by atoms with Crippen LogP contribution >= 0.6 is 0 Å². The van der Waals surface area contributed by atoms with E-state index in [0.717, 1.165) is 0 Å². The van der Waals surface area contributed by atoms with Crippen LogP contribution in [0.2, 0.25) is 0 Å². The van der Waals surface area contributed by atoms with Crippen LogP contribution in [0.5, 0.6) is 0 Å². The normalized spacial score (nSPS) is 15.9. The summed E-state index contributed by atoms with van der Waals surface area (Å²) < 4.78 is 6.60. The fraction of sp³-hybridized carbons (Fsp3) is 0.778. The summed E-state index contributed by atoms with van der Waals surface area (Å²) in [7, 11) is 3.32. The van der Waals surface area contributed by atoms with Crippen molar-refractivity contribution in [1.82, 2.24) is 15.0 Å². The monoisotopic (exact) mass is 199 g/mol. The molecule has 5 nitrogen and oxygen atoms in total. The maximum Gasteiger partial charge on any atom is 0.133 e. The van der Waals surface area contributed by atoms with Crippen molar-refractivity contribution in [2.24, 2.45) is 13.0 Å². The van der Waals surface area contributed by atoms with E-state index in [2.05, 4.69) is 10.3 Å². The van der Waals surface area contributed by atoms with Crippen molar-refractivity contribution in [1.29, 1.82) is 0 Å². The maximum absolute atomic E-state index is 10.4. The lowest BCUT2D eigenvalue weighted by molar-refractivity contribution is -0.0755. The van der Waals surface area contributed by atoms with Gasteiger partial charge in [0.15, 0.2) is 0 Å². The Balaban J connectivity index is 3.05. The summed E-state index contributed by atoms with van der Waals surface area (Å²) in [4.78, 5) is 0. The average Bonchev–Trinajstić information content (AvgIpc) is 2.51. The minimum Gasteiger partial charge on any atom is -0.381 e. The standard InChI is InChI=1S/C9H17N3O2/c1-7(2)9(13,6-14-4)8-5-10-11-12(8)3/h5,7,13H,6H2,1-4H3. The topological polar surface area (TPSA) is 60.2 Å². The van der Waals surface area contributed by atoms with Crippen molar-refractivity contribution in [2.45, 2.75) is 19.4 Å². The zero-order chi connectivity index (χ0) is 10.8. The highest BCUT2D eigenvalue weighted by atomic mass is 16.5. The molecule has 1 unspecified atom stereocenters. The molecular formula is C9H17N3O2. The Morgan fingerprint density at radius 3 is 2.64 bits per heavy atom. The maximum atomic E-state index is 10.4. The van der Waals surface area contributed by atoms with Gasteiger partial charge < -0.3 is 9.84 Å². The average molecular weight is 199 g/mol. The molecule has 0 amide bonds. The van der Waals surface area contributed by atoms with Gasteiger partial charge >= 0.3 is 0 Å². The highest BCUT2D eigenvalue weighted by Gasteiger charge is 2.36. The van der Waals surface area contributed by atoms with E-state index in [4.69, 9.17) is 4.74 Å². The zero-order valence-corrected chi connectivity index (χ0v) is 9.06. The molecule has 1 aromatic heterocycles. The van der Waals surface area contributed by atoms with Gasteiger partial charge in [-0.25, -0.2) is 4.68 Å². The molecule has 0 saturated heterocycles. The summed E-state index contributed by atoms with van der Waals surface area (Å²) in [6, 6.07) is 0. The Labute approximate surface area is 83.7 Å². The second-order valence-corrected chi connectivity index (χ2v) is 3.75. The van der Waals surface area contributed by atoms with Gasteiger partial charge in [0.2, 0.25) is 0 Å². The lowest BCUT2D eigenvalue weighted by atomic mass is 9.88. The molecule has 0 aliphatic heterocycles. The van der Waals surface area contributed by atoms with Crippen LogP contribution in [0.4, 0.5) is 0 Å². The summed E-state index contributed by atoms with van der Waals surface area (Å²) >= 11 is 0. The van der Waals surface area contributed by atoms with Crippen LogP contribution in [0.15, 0.2) is 6.20 Å². The van der Waals surface area contributed by atoms with Crippen LogP contribution in [-0.2, 0) is 17.4 Å². The molecule has 5 heteroatoms. The number of aliphatic hydroxyl groups is 1. The van der Waals surface area contributed by atoms with E-state index in [1.165, 1.54) is 0 Å². The van der Waals surface area contributed by atoms with Gasteiger partial charge in [-0.2, -0.15) is 0 Å². The number of methoxy groups -OCH3 is 1. The molecule has 14 heavy (non-hydrogen) atoms. The van der Waals surface area contributed by atoms with Crippen molar-refractivity contribution < 1.29 is 9.84 Å². The number of ether oxygens (including phenoxy) is 1. The van der Waals surface area contributed by atoms with Crippen molar-refractivity contribution in [3.63, 3.8) is 0 Å². The molecular weight excluding hydrogens is 182 g/mol. The van der Waals surface area contributed by atoms with Crippen molar-refractivity contribution >= 4 is 0 Å². The smallest absolute Gasteiger partial charge is 0.133 e. The Morgan fingerprint density at radius 1 is 1.64 bits per heavy atom. The fourth-order valence-corrected chi connectivity index (χ4v) is 1.44. The number of aryl methyl sites for hydroxylation is 1. The highest BCUT2D eigenvalue weighted by molar-refractivity contribution is 5.09. The van der Waals surface area contributed by atoms with Crippen LogP contribution in [0, 0.1) is 5.92 Å². The first-order valence-corrected chi connectivity index (χ1v) is 4.59. The first kappa shape index (κ1) is 11.1. The van der Waals surface area contributed by atoms with Gasteiger partial charge in [-0.1, -0.05) is 19.1 Å². The molecule has 1 atom stereocenters. The molecule has 0 aromatic carbocycles. The molecule has 1 N–H and O–H groups in total. The Bertz CT molecular complexity index is 298. The minimum absolute atomic E-state index is 0.0413. The fourth-order valence-electron chi connectivity index (χ4n) is 1.44. The van der Waals surface area contributed by atoms with Gasteiger partial charge in [0.05, 0.1) is 18.5 Å². The Hall–Kier alpha value is -0.940. The molecule has 0 aliphatic rings. The number of nitrogens with zero attached hydrogens (tertiary/aromatic N) is 3. The molecule has 0 spiro atoms. The third-order valence-corrected chi connectivity index (χ3v) is 2.48. The van der Waals surface area contributed by atoms with E-state index < -0.39 is 5.60 Å². The van der Waals surface area contributed by atoms with E-state index in [1.807, 2.05) is 13.8 Å².